The van der Waals surface area contributed by atoms with Crippen LogP contribution in [0.15, 0.2) is 24.3 Å². The Morgan fingerprint density at radius 3 is 2.75 bits per heavy atom. The van der Waals surface area contributed by atoms with Crippen LogP contribution in [0.25, 0.3) is 0 Å². The molecule has 0 aromatic heterocycles. The van der Waals surface area contributed by atoms with Crippen molar-refractivity contribution in [2.24, 2.45) is 0 Å². The first kappa shape index (κ1) is 15.7. The summed E-state index contributed by atoms with van der Waals surface area (Å²) >= 11 is 1.91. The molecule has 1 heterocycles. The number of methoxy groups -OCH3 is 1. The van der Waals surface area contributed by atoms with Crippen LogP contribution in [0, 0.1) is 0 Å². The van der Waals surface area contributed by atoms with Crippen molar-refractivity contribution in [1.29, 1.82) is 0 Å². The molecule has 1 saturated heterocycles. The van der Waals surface area contributed by atoms with E-state index in [1.165, 1.54) is 5.56 Å². The highest BCUT2D eigenvalue weighted by Crippen LogP contribution is 2.48. The molecule has 2 rings (SSSR count). The number of para-hydroxylation sites is 1. The minimum atomic E-state index is -0.283. The van der Waals surface area contributed by atoms with E-state index in [0.29, 0.717) is 6.04 Å². The molecule has 20 heavy (non-hydrogen) atoms. The molecule has 0 radical (unpaired) electrons. The smallest absolute Gasteiger partial charge is 0.144 e. The molecule has 1 aromatic rings. The molecule has 4 heteroatoms. The predicted molar refractivity (Wildman–Crippen MR) is 85.5 cm³/mol. The lowest BCUT2D eigenvalue weighted by Crippen LogP contribution is -2.38. The highest BCUT2D eigenvalue weighted by atomic mass is 32.2. The lowest BCUT2D eigenvalue weighted by atomic mass is 10.00. The van der Waals surface area contributed by atoms with E-state index in [0.717, 1.165) is 31.0 Å². The Balaban J connectivity index is 2.35. The molecule has 2 unspecified atom stereocenters. The molecular formula is C16H25NO2S. The summed E-state index contributed by atoms with van der Waals surface area (Å²) < 4.78 is 11.8. The summed E-state index contributed by atoms with van der Waals surface area (Å²) in [6.45, 7) is 3.07. The van der Waals surface area contributed by atoms with Crippen molar-refractivity contribution in [2.45, 2.75) is 30.7 Å². The lowest BCUT2D eigenvalue weighted by molar-refractivity contribution is -0.00466. The molecule has 1 aliphatic heterocycles. The van der Waals surface area contributed by atoms with Crippen LogP contribution in [0.2, 0.25) is 0 Å². The maximum atomic E-state index is 6.27. The fraction of sp³-hybridized carbons (Fsp3) is 0.625. The van der Waals surface area contributed by atoms with E-state index in [9.17, 15) is 0 Å². The monoisotopic (exact) mass is 295 g/mol. The van der Waals surface area contributed by atoms with Gasteiger partial charge in [0, 0.05) is 24.6 Å². The Morgan fingerprint density at radius 2 is 2.15 bits per heavy atom. The zero-order chi connectivity index (χ0) is 14.6. The zero-order valence-electron chi connectivity index (χ0n) is 12.9. The fourth-order valence-electron chi connectivity index (χ4n) is 2.49. The number of thioether (sulfide) groups is 1. The number of rotatable bonds is 5. The summed E-state index contributed by atoms with van der Waals surface area (Å²) in [6, 6.07) is 8.69. The third-order valence-electron chi connectivity index (χ3n) is 3.92. The van der Waals surface area contributed by atoms with E-state index in [1.54, 1.807) is 7.11 Å². The molecule has 0 saturated carbocycles. The summed E-state index contributed by atoms with van der Waals surface area (Å²) in [6.07, 6.45) is 2.09. The summed E-state index contributed by atoms with van der Waals surface area (Å²) in [5.41, 5.74) is 1.17. The van der Waals surface area contributed by atoms with Crippen LogP contribution in [0.1, 0.15) is 25.3 Å². The molecule has 1 aromatic carbocycles. The Labute approximate surface area is 126 Å². The van der Waals surface area contributed by atoms with Crippen LogP contribution in [0.5, 0.6) is 5.75 Å². The predicted octanol–water partition coefficient (Wildman–Crippen LogP) is 3.34. The average molecular weight is 295 g/mol. The van der Waals surface area contributed by atoms with Crippen molar-refractivity contribution in [3.63, 3.8) is 0 Å². The van der Waals surface area contributed by atoms with Gasteiger partial charge in [-0.2, -0.15) is 0 Å². The van der Waals surface area contributed by atoms with Gasteiger partial charge in [0.25, 0.3) is 0 Å². The van der Waals surface area contributed by atoms with Gasteiger partial charge < -0.3 is 14.4 Å². The van der Waals surface area contributed by atoms with Gasteiger partial charge in [0.05, 0.1) is 7.11 Å². The third kappa shape index (κ3) is 3.30. The first-order valence-electron chi connectivity index (χ1n) is 7.17. The van der Waals surface area contributed by atoms with Gasteiger partial charge >= 0.3 is 0 Å². The van der Waals surface area contributed by atoms with Gasteiger partial charge in [-0.05, 0) is 39.3 Å². The lowest BCUT2D eigenvalue weighted by Gasteiger charge is -2.40. The number of benzene rings is 1. The molecule has 2 atom stereocenters. The number of hydrogen-bond donors (Lipinski definition) is 0. The van der Waals surface area contributed by atoms with E-state index in [2.05, 4.69) is 38.1 Å². The average Bonchev–Trinajstić information content (AvgIpc) is 2.48. The maximum Gasteiger partial charge on any atom is 0.144 e. The quantitative estimate of drug-likeness (QED) is 0.830. The molecule has 0 spiro atoms. The summed E-state index contributed by atoms with van der Waals surface area (Å²) in [4.78, 5) is 1.96. The van der Waals surface area contributed by atoms with E-state index in [-0.39, 0.29) is 4.93 Å². The van der Waals surface area contributed by atoms with E-state index in [1.807, 2.05) is 23.9 Å². The number of hydrogen-bond acceptors (Lipinski definition) is 4. The van der Waals surface area contributed by atoms with Crippen LogP contribution in [-0.2, 0) is 9.67 Å². The first-order valence-corrected chi connectivity index (χ1v) is 8.15. The minimum absolute atomic E-state index is 0.283. The summed E-state index contributed by atoms with van der Waals surface area (Å²) in [7, 11) is 5.97. The van der Waals surface area contributed by atoms with Gasteiger partial charge in [-0.1, -0.05) is 18.2 Å². The zero-order valence-corrected chi connectivity index (χ0v) is 13.7. The van der Waals surface area contributed by atoms with Crippen molar-refractivity contribution < 1.29 is 9.47 Å². The highest BCUT2D eigenvalue weighted by molar-refractivity contribution is 8.00. The van der Waals surface area contributed by atoms with Crippen molar-refractivity contribution >= 4 is 11.8 Å². The second-order valence-electron chi connectivity index (χ2n) is 5.52. The minimum Gasteiger partial charge on any atom is -0.496 e. The van der Waals surface area contributed by atoms with Crippen molar-refractivity contribution in [3.05, 3.63) is 29.8 Å². The molecule has 112 valence electrons. The van der Waals surface area contributed by atoms with Gasteiger partial charge in [0.1, 0.15) is 10.7 Å². The summed E-state index contributed by atoms with van der Waals surface area (Å²) in [5.74, 6) is 2.06. The Morgan fingerprint density at radius 1 is 1.40 bits per heavy atom. The molecule has 0 amide bonds. The van der Waals surface area contributed by atoms with Gasteiger partial charge in [0.2, 0.25) is 0 Å². The SMILES string of the molecule is COc1ccccc1C1(CC(C)N(C)C)OCCCS1. The van der Waals surface area contributed by atoms with E-state index >= 15 is 0 Å². The Kier molecular flexibility index (Phi) is 5.35. The van der Waals surface area contributed by atoms with Gasteiger partial charge in [-0.3, -0.25) is 0 Å². The maximum absolute atomic E-state index is 6.27. The number of nitrogens with zero attached hydrogens (tertiary/aromatic N) is 1. The van der Waals surface area contributed by atoms with Crippen LogP contribution in [0.4, 0.5) is 0 Å². The van der Waals surface area contributed by atoms with Crippen LogP contribution >= 0.6 is 11.8 Å². The molecule has 0 N–H and O–H groups in total. The molecule has 1 fully saturated rings. The molecule has 3 nitrogen and oxygen atoms in total. The number of ether oxygens (including phenoxy) is 2. The summed E-state index contributed by atoms with van der Waals surface area (Å²) in [5, 5.41) is 0. The normalized spacial score (nSPS) is 24.6. The topological polar surface area (TPSA) is 21.7 Å². The van der Waals surface area contributed by atoms with Crippen molar-refractivity contribution in [1.82, 2.24) is 4.90 Å². The molecular weight excluding hydrogens is 270 g/mol. The first-order chi connectivity index (χ1) is 9.59. The Hall–Kier alpha value is -0.710. The van der Waals surface area contributed by atoms with E-state index in [4.69, 9.17) is 9.47 Å². The van der Waals surface area contributed by atoms with Gasteiger partial charge in [-0.25, -0.2) is 0 Å². The highest BCUT2D eigenvalue weighted by Gasteiger charge is 2.40. The Bertz CT molecular complexity index is 430. The molecule has 0 bridgehead atoms. The van der Waals surface area contributed by atoms with E-state index < -0.39 is 0 Å². The second kappa shape index (κ2) is 6.83. The molecule has 1 aliphatic rings. The van der Waals surface area contributed by atoms with Crippen LogP contribution < -0.4 is 4.74 Å². The molecule has 0 aliphatic carbocycles. The van der Waals surface area contributed by atoms with Crippen molar-refractivity contribution in [3.8, 4) is 5.75 Å². The second-order valence-corrected chi connectivity index (χ2v) is 6.88. The van der Waals surface area contributed by atoms with Crippen LogP contribution in [0.3, 0.4) is 0 Å². The largest absolute Gasteiger partial charge is 0.496 e. The van der Waals surface area contributed by atoms with Crippen molar-refractivity contribution in [2.75, 3.05) is 33.6 Å². The third-order valence-corrected chi connectivity index (χ3v) is 5.39. The van der Waals surface area contributed by atoms with Crippen LogP contribution in [-0.4, -0.2) is 44.5 Å². The fourth-order valence-corrected chi connectivity index (χ4v) is 3.93. The van der Waals surface area contributed by atoms with Gasteiger partial charge in [0.15, 0.2) is 0 Å². The standard InChI is InChI=1S/C16H25NO2S/c1-13(17(2)3)12-16(19-10-7-11-20-16)14-8-5-6-9-15(14)18-4/h5-6,8-9,13H,7,10-12H2,1-4H3. The van der Waals surface area contributed by atoms with Gasteiger partial charge in [-0.15, -0.1) is 11.8 Å².